The van der Waals surface area contributed by atoms with Gasteiger partial charge in [-0.05, 0) is 29.3 Å². The fraction of sp³-hybridized carbons (Fsp3) is 0.250. The molecule has 0 unspecified atom stereocenters. The van der Waals surface area contributed by atoms with Crippen LogP contribution < -0.4 is 0 Å². The molecule has 2 aromatic rings. The van der Waals surface area contributed by atoms with Crippen molar-refractivity contribution >= 4 is 52.6 Å². The van der Waals surface area contributed by atoms with E-state index < -0.39 is 0 Å². The average Bonchev–Trinajstić information content (AvgIpc) is 3.08. The summed E-state index contributed by atoms with van der Waals surface area (Å²) < 4.78 is 0.294. The van der Waals surface area contributed by atoms with Crippen molar-refractivity contribution in [3.8, 4) is 0 Å². The van der Waals surface area contributed by atoms with Gasteiger partial charge in [0.2, 0.25) is 0 Å². The van der Waals surface area contributed by atoms with E-state index in [1.165, 1.54) is 5.56 Å². The van der Waals surface area contributed by atoms with Crippen LogP contribution >= 0.6 is 46.9 Å². The third kappa shape index (κ3) is 4.38. The second-order valence-electron chi connectivity index (χ2n) is 4.97. The zero-order valence-corrected chi connectivity index (χ0v) is 15.3. The average molecular weight is 384 g/mol. The minimum Gasteiger partial charge on any atom is -0.258 e. The van der Waals surface area contributed by atoms with Gasteiger partial charge < -0.3 is 0 Å². The summed E-state index contributed by atoms with van der Waals surface area (Å²) >= 11 is 11.4. The van der Waals surface area contributed by atoms with E-state index in [1.54, 1.807) is 23.9 Å². The van der Waals surface area contributed by atoms with Crippen LogP contribution in [0, 0.1) is 10.1 Å². The van der Waals surface area contributed by atoms with Gasteiger partial charge in [-0.1, -0.05) is 23.7 Å². The number of hydrogen-bond donors (Lipinski definition) is 0. The van der Waals surface area contributed by atoms with E-state index in [2.05, 4.69) is 0 Å². The minimum atomic E-state index is -0.318. The van der Waals surface area contributed by atoms with Crippen LogP contribution in [0.1, 0.15) is 15.7 Å². The smallest absolute Gasteiger partial charge is 0.258 e. The zero-order chi connectivity index (χ0) is 16.2. The van der Waals surface area contributed by atoms with E-state index in [0.29, 0.717) is 4.58 Å². The predicted molar refractivity (Wildman–Crippen MR) is 102 cm³/mol. The fourth-order valence-corrected chi connectivity index (χ4v) is 6.45. The Morgan fingerprint density at radius 1 is 1.17 bits per heavy atom. The summed E-state index contributed by atoms with van der Waals surface area (Å²) in [6.45, 7) is 0. The van der Waals surface area contributed by atoms with Crippen LogP contribution in [0.3, 0.4) is 0 Å². The molecule has 0 radical (unpaired) electrons. The molecule has 1 fully saturated rings. The first-order valence-electron chi connectivity index (χ1n) is 7.02. The lowest BCUT2D eigenvalue weighted by molar-refractivity contribution is -0.385. The number of halogens is 1. The molecule has 0 bridgehead atoms. The molecule has 3 nitrogen and oxygen atoms in total. The Hall–Kier alpha value is -0.820. The summed E-state index contributed by atoms with van der Waals surface area (Å²) in [5, 5.41) is 11.8. The van der Waals surface area contributed by atoms with E-state index in [9.17, 15) is 10.1 Å². The van der Waals surface area contributed by atoms with Gasteiger partial charge in [-0.15, -0.1) is 35.3 Å². The largest absolute Gasteiger partial charge is 0.269 e. The Kier molecular flexibility index (Phi) is 5.80. The Balaban J connectivity index is 1.82. The molecule has 0 aliphatic carbocycles. The summed E-state index contributed by atoms with van der Waals surface area (Å²) in [6, 6.07) is 13.0. The molecule has 120 valence electrons. The van der Waals surface area contributed by atoms with Crippen LogP contribution in [-0.2, 0) is 5.75 Å². The maximum absolute atomic E-state index is 11.1. The van der Waals surface area contributed by atoms with E-state index in [0.717, 1.165) is 32.7 Å². The van der Waals surface area contributed by atoms with Crippen molar-refractivity contribution in [2.24, 2.45) is 0 Å². The number of nitro groups is 1. The van der Waals surface area contributed by atoms with Gasteiger partial charge in [0.05, 0.1) is 9.51 Å². The molecule has 1 saturated heterocycles. The number of rotatable bonds is 5. The highest BCUT2D eigenvalue weighted by molar-refractivity contribution is 8.19. The molecule has 1 heterocycles. The second-order valence-corrected chi connectivity index (χ2v) is 9.15. The molecule has 0 atom stereocenters. The maximum Gasteiger partial charge on any atom is 0.269 e. The molecule has 0 aromatic heterocycles. The summed E-state index contributed by atoms with van der Waals surface area (Å²) in [5.41, 5.74) is 2.44. The normalized spacial score (nSPS) is 15.0. The zero-order valence-electron chi connectivity index (χ0n) is 12.1. The predicted octanol–water partition coefficient (Wildman–Crippen LogP) is 6.02. The molecule has 0 N–H and O–H groups in total. The van der Waals surface area contributed by atoms with Gasteiger partial charge in [-0.3, -0.25) is 10.1 Å². The molecule has 3 rings (SSSR count). The first kappa shape index (κ1) is 17.0. The summed E-state index contributed by atoms with van der Waals surface area (Å²) in [5.74, 6) is 3.02. The molecular formula is C16H14ClNO2S3. The summed E-state index contributed by atoms with van der Waals surface area (Å²) in [4.78, 5) is 11.9. The van der Waals surface area contributed by atoms with Gasteiger partial charge in [0.25, 0.3) is 5.69 Å². The number of hydrogen-bond acceptors (Lipinski definition) is 5. The van der Waals surface area contributed by atoms with Crippen LogP contribution in [0.5, 0.6) is 0 Å². The van der Waals surface area contributed by atoms with E-state index in [-0.39, 0.29) is 10.6 Å². The quantitative estimate of drug-likeness (QED) is 0.359. The highest BCUT2D eigenvalue weighted by Crippen LogP contribution is 2.49. The van der Waals surface area contributed by atoms with Crippen molar-refractivity contribution in [3.05, 3.63) is 68.7 Å². The Morgan fingerprint density at radius 2 is 1.87 bits per heavy atom. The van der Waals surface area contributed by atoms with Crippen molar-refractivity contribution in [1.82, 2.24) is 0 Å². The van der Waals surface area contributed by atoms with Gasteiger partial charge in [0, 0.05) is 39.3 Å². The number of nitro benzene ring substituents is 1. The number of nitrogens with zero attached hydrogens (tertiary/aromatic N) is 1. The Morgan fingerprint density at radius 3 is 2.52 bits per heavy atom. The Labute approximate surface area is 152 Å². The minimum absolute atomic E-state index is 0.170. The molecule has 2 aromatic carbocycles. The van der Waals surface area contributed by atoms with Gasteiger partial charge >= 0.3 is 0 Å². The standard InChI is InChI=1S/C16H14ClNO2S3/c17-12-3-1-11(2-4-12)10-23-15-6-5-13(18(19)20)9-14(15)16-21-7-8-22-16/h1-6,9,16H,7-8,10H2. The Bertz CT molecular complexity index is 703. The third-order valence-electron chi connectivity index (χ3n) is 3.39. The molecule has 1 aliphatic heterocycles. The molecule has 1 aliphatic rings. The van der Waals surface area contributed by atoms with Crippen LogP contribution in [0.25, 0.3) is 0 Å². The van der Waals surface area contributed by atoms with Crippen LogP contribution in [-0.4, -0.2) is 16.4 Å². The highest BCUT2D eigenvalue weighted by atomic mass is 35.5. The fourth-order valence-electron chi connectivity index (χ4n) is 2.24. The number of thioether (sulfide) groups is 3. The van der Waals surface area contributed by atoms with E-state index >= 15 is 0 Å². The number of non-ortho nitro benzene ring substituents is 1. The van der Waals surface area contributed by atoms with Gasteiger partial charge in [0.15, 0.2) is 0 Å². The lowest BCUT2D eigenvalue weighted by Gasteiger charge is -2.14. The monoisotopic (exact) mass is 383 g/mol. The first-order valence-corrected chi connectivity index (χ1v) is 10.5. The van der Waals surface area contributed by atoms with Crippen LogP contribution in [0.15, 0.2) is 47.4 Å². The molecule has 7 heteroatoms. The second kappa shape index (κ2) is 7.83. The van der Waals surface area contributed by atoms with E-state index in [1.807, 2.05) is 53.9 Å². The highest BCUT2D eigenvalue weighted by Gasteiger charge is 2.23. The van der Waals surface area contributed by atoms with Crippen molar-refractivity contribution in [1.29, 1.82) is 0 Å². The molecule has 0 saturated carbocycles. The lowest BCUT2D eigenvalue weighted by atomic mass is 10.2. The topological polar surface area (TPSA) is 43.1 Å². The van der Waals surface area contributed by atoms with Gasteiger partial charge in [-0.2, -0.15) is 0 Å². The third-order valence-corrected chi connectivity index (χ3v) is 7.87. The lowest BCUT2D eigenvalue weighted by Crippen LogP contribution is -1.94. The van der Waals surface area contributed by atoms with Crippen molar-refractivity contribution in [3.63, 3.8) is 0 Å². The first-order chi connectivity index (χ1) is 11.1. The van der Waals surface area contributed by atoms with Gasteiger partial charge in [0.1, 0.15) is 0 Å². The molecule has 0 spiro atoms. The summed E-state index contributed by atoms with van der Waals surface area (Å²) in [6.07, 6.45) is 0. The van der Waals surface area contributed by atoms with Crippen molar-refractivity contribution in [2.45, 2.75) is 15.2 Å². The van der Waals surface area contributed by atoms with Crippen LogP contribution in [0.2, 0.25) is 5.02 Å². The van der Waals surface area contributed by atoms with Crippen molar-refractivity contribution < 1.29 is 4.92 Å². The SMILES string of the molecule is O=[N+]([O-])c1ccc(SCc2ccc(Cl)cc2)c(C2SCCS2)c1. The van der Waals surface area contributed by atoms with Crippen molar-refractivity contribution in [2.75, 3.05) is 11.5 Å². The maximum atomic E-state index is 11.1. The molecule has 23 heavy (non-hydrogen) atoms. The van der Waals surface area contributed by atoms with Gasteiger partial charge in [-0.25, -0.2) is 0 Å². The molecular weight excluding hydrogens is 370 g/mol. The molecule has 0 amide bonds. The van der Waals surface area contributed by atoms with E-state index in [4.69, 9.17) is 11.6 Å². The number of benzene rings is 2. The summed E-state index contributed by atoms with van der Waals surface area (Å²) in [7, 11) is 0. The van der Waals surface area contributed by atoms with Crippen LogP contribution in [0.4, 0.5) is 5.69 Å².